The number of pyridine rings is 1. The van der Waals surface area contributed by atoms with Crippen molar-refractivity contribution < 1.29 is 0 Å². The van der Waals surface area contributed by atoms with E-state index in [1.807, 2.05) is 6.07 Å². The molecular formula is C12H21N3O. The van der Waals surface area contributed by atoms with Crippen molar-refractivity contribution in [2.24, 2.45) is 0 Å². The molecule has 1 aromatic rings. The Morgan fingerprint density at radius 1 is 1.31 bits per heavy atom. The van der Waals surface area contributed by atoms with Crippen LogP contribution in [0.3, 0.4) is 0 Å². The van der Waals surface area contributed by atoms with Crippen LogP contribution in [0, 0.1) is 0 Å². The maximum atomic E-state index is 10.8. The average Bonchev–Trinajstić information content (AvgIpc) is 2.25. The lowest BCUT2D eigenvalue weighted by Gasteiger charge is -2.08. The van der Waals surface area contributed by atoms with Gasteiger partial charge in [0, 0.05) is 24.8 Å². The molecule has 0 radical (unpaired) electrons. The molecule has 90 valence electrons. The Balaban J connectivity index is 2.07. The number of nitrogens with one attached hydrogen (secondary N) is 3. The summed E-state index contributed by atoms with van der Waals surface area (Å²) in [7, 11) is 0. The standard InChI is InChI=1S/C12H21N3O/c1-10(2)14-7-3-6-13-8-11-4-5-12(16)15-9-11/h4-5,9-10,13-14H,3,6-8H2,1-2H3,(H,15,16). The summed E-state index contributed by atoms with van der Waals surface area (Å²) in [5, 5.41) is 6.70. The molecule has 3 N–H and O–H groups in total. The highest BCUT2D eigenvalue weighted by molar-refractivity contribution is 5.07. The monoisotopic (exact) mass is 223 g/mol. The fourth-order valence-corrected chi connectivity index (χ4v) is 1.39. The van der Waals surface area contributed by atoms with Crippen LogP contribution in [0.25, 0.3) is 0 Å². The normalized spacial score (nSPS) is 10.9. The Morgan fingerprint density at radius 2 is 2.12 bits per heavy atom. The van der Waals surface area contributed by atoms with Crippen molar-refractivity contribution in [3.8, 4) is 0 Å². The quantitative estimate of drug-likeness (QED) is 0.601. The van der Waals surface area contributed by atoms with Gasteiger partial charge in [-0.2, -0.15) is 0 Å². The van der Waals surface area contributed by atoms with Crippen molar-refractivity contribution in [3.63, 3.8) is 0 Å². The van der Waals surface area contributed by atoms with Gasteiger partial charge in [0.2, 0.25) is 5.56 Å². The summed E-state index contributed by atoms with van der Waals surface area (Å²) in [6, 6.07) is 3.95. The molecule has 0 aliphatic heterocycles. The maximum absolute atomic E-state index is 10.8. The van der Waals surface area contributed by atoms with Gasteiger partial charge in [-0.05, 0) is 25.1 Å². The molecule has 1 rings (SSSR count). The molecule has 0 saturated heterocycles. The van der Waals surface area contributed by atoms with E-state index in [0.29, 0.717) is 6.04 Å². The second kappa shape index (κ2) is 7.19. The molecule has 0 aliphatic carbocycles. The van der Waals surface area contributed by atoms with E-state index >= 15 is 0 Å². The molecule has 0 aliphatic rings. The molecule has 4 nitrogen and oxygen atoms in total. The molecule has 1 aromatic heterocycles. The summed E-state index contributed by atoms with van der Waals surface area (Å²) in [5.41, 5.74) is 1.06. The third-order valence-electron chi connectivity index (χ3n) is 2.26. The smallest absolute Gasteiger partial charge is 0.247 e. The summed E-state index contributed by atoms with van der Waals surface area (Å²) < 4.78 is 0. The summed E-state index contributed by atoms with van der Waals surface area (Å²) in [5.74, 6) is 0. The lowest BCUT2D eigenvalue weighted by molar-refractivity contribution is 0.547. The predicted molar refractivity (Wildman–Crippen MR) is 66.5 cm³/mol. The molecule has 0 saturated carbocycles. The predicted octanol–water partition coefficient (Wildman–Crippen LogP) is 0.853. The Hall–Kier alpha value is -1.13. The Morgan fingerprint density at radius 3 is 2.75 bits per heavy atom. The Bertz CT molecular complexity index is 326. The molecule has 0 unspecified atom stereocenters. The van der Waals surface area contributed by atoms with Crippen molar-refractivity contribution in [1.82, 2.24) is 15.6 Å². The van der Waals surface area contributed by atoms with E-state index in [2.05, 4.69) is 29.5 Å². The zero-order valence-electron chi connectivity index (χ0n) is 10.0. The van der Waals surface area contributed by atoms with Crippen LogP contribution in [0.4, 0.5) is 0 Å². The van der Waals surface area contributed by atoms with Gasteiger partial charge >= 0.3 is 0 Å². The molecule has 16 heavy (non-hydrogen) atoms. The number of aromatic nitrogens is 1. The topological polar surface area (TPSA) is 56.9 Å². The van der Waals surface area contributed by atoms with Crippen LogP contribution in [0.15, 0.2) is 23.1 Å². The van der Waals surface area contributed by atoms with Crippen molar-refractivity contribution in [2.75, 3.05) is 13.1 Å². The second-order valence-corrected chi connectivity index (χ2v) is 4.20. The van der Waals surface area contributed by atoms with Gasteiger partial charge in [0.25, 0.3) is 0 Å². The SMILES string of the molecule is CC(C)NCCCNCc1ccc(=O)[nH]c1. The summed E-state index contributed by atoms with van der Waals surface area (Å²) in [6.45, 7) is 7.12. The van der Waals surface area contributed by atoms with Crippen LogP contribution in [-0.2, 0) is 6.54 Å². The Kier molecular flexibility index (Phi) is 5.82. The molecule has 0 spiro atoms. The molecule has 1 heterocycles. The minimum atomic E-state index is -0.0510. The van der Waals surface area contributed by atoms with Crippen LogP contribution in [0.1, 0.15) is 25.8 Å². The average molecular weight is 223 g/mol. The highest BCUT2D eigenvalue weighted by atomic mass is 16.1. The van der Waals surface area contributed by atoms with Crippen LogP contribution in [-0.4, -0.2) is 24.1 Å². The fourth-order valence-electron chi connectivity index (χ4n) is 1.39. The van der Waals surface area contributed by atoms with Gasteiger partial charge in [-0.15, -0.1) is 0 Å². The zero-order chi connectivity index (χ0) is 11.8. The summed E-state index contributed by atoms with van der Waals surface area (Å²) >= 11 is 0. The number of rotatable bonds is 7. The van der Waals surface area contributed by atoms with E-state index in [4.69, 9.17) is 0 Å². The van der Waals surface area contributed by atoms with E-state index in [1.165, 1.54) is 0 Å². The lowest BCUT2D eigenvalue weighted by Crippen LogP contribution is -2.26. The van der Waals surface area contributed by atoms with E-state index in [9.17, 15) is 4.79 Å². The van der Waals surface area contributed by atoms with Crippen molar-refractivity contribution in [1.29, 1.82) is 0 Å². The number of hydrogen-bond acceptors (Lipinski definition) is 3. The van der Waals surface area contributed by atoms with Crippen LogP contribution >= 0.6 is 0 Å². The largest absolute Gasteiger partial charge is 0.329 e. The van der Waals surface area contributed by atoms with E-state index < -0.39 is 0 Å². The van der Waals surface area contributed by atoms with Gasteiger partial charge in [-0.3, -0.25) is 4.79 Å². The highest BCUT2D eigenvalue weighted by Crippen LogP contribution is 1.91. The van der Waals surface area contributed by atoms with Crippen LogP contribution in [0.2, 0.25) is 0 Å². The molecular weight excluding hydrogens is 202 g/mol. The van der Waals surface area contributed by atoms with Crippen molar-refractivity contribution in [2.45, 2.75) is 32.9 Å². The van der Waals surface area contributed by atoms with Gasteiger partial charge in [-0.25, -0.2) is 0 Å². The first kappa shape index (κ1) is 12.9. The van der Waals surface area contributed by atoms with Crippen molar-refractivity contribution in [3.05, 3.63) is 34.2 Å². The first-order valence-corrected chi connectivity index (χ1v) is 5.80. The summed E-state index contributed by atoms with van der Waals surface area (Å²) in [6.07, 6.45) is 2.86. The minimum absolute atomic E-state index is 0.0510. The lowest BCUT2D eigenvalue weighted by atomic mass is 10.3. The number of hydrogen-bond donors (Lipinski definition) is 3. The third-order valence-corrected chi connectivity index (χ3v) is 2.26. The second-order valence-electron chi connectivity index (χ2n) is 4.20. The minimum Gasteiger partial charge on any atom is -0.329 e. The zero-order valence-corrected chi connectivity index (χ0v) is 10.0. The fraction of sp³-hybridized carbons (Fsp3) is 0.583. The van der Waals surface area contributed by atoms with Crippen molar-refractivity contribution >= 4 is 0 Å². The van der Waals surface area contributed by atoms with Crippen LogP contribution in [0.5, 0.6) is 0 Å². The first-order valence-electron chi connectivity index (χ1n) is 5.80. The third kappa shape index (κ3) is 5.68. The van der Waals surface area contributed by atoms with Gasteiger partial charge in [-0.1, -0.05) is 19.9 Å². The van der Waals surface area contributed by atoms with E-state index in [-0.39, 0.29) is 5.56 Å². The van der Waals surface area contributed by atoms with Gasteiger partial charge in [0.15, 0.2) is 0 Å². The highest BCUT2D eigenvalue weighted by Gasteiger charge is 1.93. The molecule has 0 aromatic carbocycles. The van der Waals surface area contributed by atoms with E-state index in [1.54, 1.807) is 12.3 Å². The maximum Gasteiger partial charge on any atom is 0.247 e. The molecule has 0 atom stereocenters. The number of aromatic amines is 1. The first-order chi connectivity index (χ1) is 7.68. The molecule has 4 heteroatoms. The number of H-pyrrole nitrogens is 1. The van der Waals surface area contributed by atoms with E-state index in [0.717, 1.165) is 31.6 Å². The van der Waals surface area contributed by atoms with Crippen LogP contribution < -0.4 is 16.2 Å². The molecule has 0 bridgehead atoms. The van der Waals surface area contributed by atoms with Gasteiger partial charge in [0.1, 0.15) is 0 Å². The Labute approximate surface area is 96.5 Å². The molecule has 0 amide bonds. The molecule has 0 fully saturated rings. The van der Waals surface area contributed by atoms with Gasteiger partial charge in [0.05, 0.1) is 0 Å². The van der Waals surface area contributed by atoms with Gasteiger partial charge < -0.3 is 15.6 Å². The summed E-state index contributed by atoms with van der Waals surface area (Å²) in [4.78, 5) is 13.5.